The summed E-state index contributed by atoms with van der Waals surface area (Å²) in [5.41, 5.74) is 1.53. The van der Waals surface area contributed by atoms with E-state index in [4.69, 9.17) is 16.3 Å². The molecule has 0 saturated heterocycles. The van der Waals surface area contributed by atoms with Gasteiger partial charge < -0.3 is 10.1 Å². The lowest BCUT2D eigenvalue weighted by atomic mass is 10.3. The molecule has 2 aromatic rings. The van der Waals surface area contributed by atoms with Crippen molar-refractivity contribution in [3.8, 4) is 5.75 Å². The molecule has 1 N–H and O–H groups in total. The number of benzene rings is 2. The molecule has 1 aliphatic heterocycles. The van der Waals surface area contributed by atoms with Crippen LogP contribution < -0.4 is 14.4 Å². The van der Waals surface area contributed by atoms with Crippen molar-refractivity contribution >= 4 is 41.0 Å². The predicted molar refractivity (Wildman–Crippen MR) is 81.8 cm³/mol. The van der Waals surface area contributed by atoms with Crippen molar-refractivity contribution in [3.05, 3.63) is 47.5 Å². The Balaban J connectivity index is 1.93. The van der Waals surface area contributed by atoms with Crippen LogP contribution in [0.1, 0.15) is 0 Å². The number of rotatable bonds is 2. The normalized spacial score (nSPS) is 13.7. The quantitative estimate of drug-likeness (QED) is 0.836. The molecule has 0 aliphatic carbocycles. The van der Waals surface area contributed by atoms with Gasteiger partial charge >= 0.3 is 6.03 Å². The molecule has 0 fully saturated rings. The molecule has 0 unspecified atom stereocenters. The predicted octanol–water partition coefficient (Wildman–Crippen LogP) is 4.41. The molecule has 0 atom stereocenters. The summed E-state index contributed by atoms with van der Waals surface area (Å²) in [6, 6.07) is 12.5. The van der Waals surface area contributed by atoms with Gasteiger partial charge in [-0.1, -0.05) is 11.6 Å². The molecule has 0 aromatic heterocycles. The van der Waals surface area contributed by atoms with Crippen LogP contribution in [0.2, 0.25) is 5.02 Å². The zero-order valence-electron chi connectivity index (χ0n) is 10.6. The van der Waals surface area contributed by atoms with E-state index >= 15 is 0 Å². The third kappa shape index (κ3) is 2.42. The van der Waals surface area contributed by atoms with E-state index in [1.165, 1.54) is 11.9 Å². The summed E-state index contributed by atoms with van der Waals surface area (Å²) in [4.78, 5) is 13.1. The molecular formula is C14H11ClN2O2S. The van der Waals surface area contributed by atoms with Gasteiger partial charge in [-0.2, -0.15) is 0 Å². The highest BCUT2D eigenvalue weighted by atomic mass is 35.5. The van der Waals surface area contributed by atoms with Crippen LogP contribution in [0.4, 0.5) is 16.2 Å². The van der Waals surface area contributed by atoms with Crippen molar-refractivity contribution in [2.24, 2.45) is 0 Å². The van der Waals surface area contributed by atoms with Crippen LogP contribution in [-0.4, -0.2) is 13.1 Å². The van der Waals surface area contributed by atoms with Crippen molar-refractivity contribution in [3.63, 3.8) is 0 Å². The topological polar surface area (TPSA) is 41.6 Å². The van der Waals surface area contributed by atoms with E-state index < -0.39 is 0 Å². The molecule has 0 radical (unpaired) electrons. The van der Waals surface area contributed by atoms with Gasteiger partial charge in [-0.05, 0) is 48.3 Å². The van der Waals surface area contributed by atoms with Gasteiger partial charge in [0.25, 0.3) is 0 Å². The first-order chi connectivity index (χ1) is 9.67. The smallest absolute Gasteiger partial charge is 0.336 e. The number of anilines is 2. The van der Waals surface area contributed by atoms with Crippen molar-refractivity contribution in [2.75, 3.05) is 16.7 Å². The van der Waals surface area contributed by atoms with Crippen molar-refractivity contribution < 1.29 is 9.53 Å². The Kier molecular flexibility index (Phi) is 3.46. The molecule has 2 aromatic carbocycles. The average Bonchev–Trinajstić information content (AvgIpc) is 2.47. The number of nitrogens with one attached hydrogen (secondary N) is 1. The molecule has 0 bridgehead atoms. The maximum atomic E-state index is 12.2. The number of fused-ring (bicyclic) bond motifs is 1. The maximum Gasteiger partial charge on any atom is 0.336 e. The number of nitrogens with zero attached hydrogens (tertiary/aromatic N) is 1. The standard InChI is InChI=1S/C14H11ClN2O2S/c1-19-11-6-7-13-12(8-11)16-14(18)17(20-13)10-4-2-9(15)3-5-10/h2-8H,1H3,(H,16,18). The fraction of sp³-hybridized carbons (Fsp3) is 0.0714. The SMILES string of the molecule is COc1ccc2c(c1)NC(=O)N(c1ccc(Cl)cc1)S2. The Morgan fingerprint density at radius 2 is 1.95 bits per heavy atom. The van der Waals surface area contributed by atoms with Crippen LogP contribution in [0.25, 0.3) is 0 Å². The zero-order chi connectivity index (χ0) is 14.1. The number of hydrogen-bond donors (Lipinski definition) is 1. The van der Waals surface area contributed by atoms with E-state index in [9.17, 15) is 4.79 Å². The van der Waals surface area contributed by atoms with E-state index in [1.54, 1.807) is 29.6 Å². The summed E-state index contributed by atoms with van der Waals surface area (Å²) in [5, 5.41) is 3.49. The van der Waals surface area contributed by atoms with Gasteiger partial charge in [-0.15, -0.1) is 0 Å². The number of halogens is 1. The Bertz CT molecular complexity index is 661. The second kappa shape index (κ2) is 5.26. The van der Waals surface area contributed by atoms with Gasteiger partial charge in [0, 0.05) is 11.1 Å². The Morgan fingerprint density at radius 3 is 2.65 bits per heavy atom. The highest BCUT2D eigenvalue weighted by Gasteiger charge is 2.25. The summed E-state index contributed by atoms with van der Waals surface area (Å²) in [6.45, 7) is 0. The van der Waals surface area contributed by atoms with Gasteiger partial charge in [0.05, 0.1) is 23.4 Å². The fourth-order valence-electron chi connectivity index (χ4n) is 1.87. The van der Waals surface area contributed by atoms with Gasteiger partial charge in [-0.25, -0.2) is 9.10 Å². The van der Waals surface area contributed by atoms with E-state index in [1.807, 2.05) is 24.3 Å². The average molecular weight is 307 g/mol. The minimum absolute atomic E-state index is 0.196. The molecular weight excluding hydrogens is 296 g/mol. The molecule has 0 saturated carbocycles. The number of carbonyl (C=O) groups is 1. The van der Waals surface area contributed by atoms with E-state index in [0.29, 0.717) is 10.8 Å². The van der Waals surface area contributed by atoms with Crippen LogP contribution in [0.5, 0.6) is 5.75 Å². The van der Waals surface area contributed by atoms with Crippen LogP contribution in [0.3, 0.4) is 0 Å². The van der Waals surface area contributed by atoms with Gasteiger partial charge in [-0.3, -0.25) is 0 Å². The maximum absolute atomic E-state index is 12.2. The summed E-state index contributed by atoms with van der Waals surface area (Å²) >= 11 is 7.23. The summed E-state index contributed by atoms with van der Waals surface area (Å²) < 4.78 is 6.74. The van der Waals surface area contributed by atoms with Crippen LogP contribution in [-0.2, 0) is 0 Å². The number of ether oxygens (including phenoxy) is 1. The number of carbonyl (C=O) groups excluding carboxylic acids is 1. The first-order valence-electron chi connectivity index (χ1n) is 5.90. The van der Waals surface area contributed by atoms with Crippen LogP contribution >= 0.6 is 23.5 Å². The molecule has 3 rings (SSSR count). The second-order valence-corrected chi connectivity index (χ2v) is 5.58. The molecule has 1 heterocycles. The number of amides is 2. The first kappa shape index (κ1) is 13.1. The lowest BCUT2D eigenvalue weighted by Gasteiger charge is -2.28. The van der Waals surface area contributed by atoms with Gasteiger partial charge in [0.15, 0.2) is 0 Å². The molecule has 6 heteroatoms. The molecule has 0 spiro atoms. The van der Waals surface area contributed by atoms with Crippen molar-refractivity contribution in [1.82, 2.24) is 0 Å². The molecule has 4 nitrogen and oxygen atoms in total. The van der Waals surface area contributed by atoms with Gasteiger partial charge in [0.2, 0.25) is 0 Å². The molecule has 2 amide bonds. The highest BCUT2D eigenvalue weighted by Crippen LogP contribution is 2.39. The molecule has 20 heavy (non-hydrogen) atoms. The van der Waals surface area contributed by atoms with E-state index in [0.717, 1.165) is 16.3 Å². The number of urea groups is 1. The monoisotopic (exact) mass is 306 g/mol. The van der Waals surface area contributed by atoms with Crippen LogP contribution in [0.15, 0.2) is 47.4 Å². The lowest BCUT2D eigenvalue weighted by Crippen LogP contribution is -2.32. The summed E-state index contributed by atoms with van der Waals surface area (Å²) in [5.74, 6) is 0.713. The van der Waals surface area contributed by atoms with E-state index in [2.05, 4.69) is 5.32 Å². The third-order valence-electron chi connectivity index (χ3n) is 2.86. The number of methoxy groups -OCH3 is 1. The highest BCUT2D eigenvalue weighted by molar-refractivity contribution is 8.01. The number of hydrogen-bond acceptors (Lipinski definition) is 3. The third-order valence-corrected chi connectivity index (χ3v) is 4.23. The second-order valence-electron chi connectivity index (χ2n) is 4.15. The van der Waals surface area contributed by atoms with Crippen molar-refractivity contribution in [2.45, 2.75) is 4.90 Å². The van der Waals surface area contributed by atoms with Crippen LogP contribution in [0, 0.1) is 0 Å². The lowest BCUT2D eigenvalue weighted by molar-refractivity contribution is 0.260. The minimum Gasteiger partial charge on any atom is -0.497 e. The molecule has 102 valence electrons. The van der Waals surface area contributed by atoms with Crippen molar-refractivity contribution in [1.29, 1.82) is 0 Å². The van der Waals surface area contributed by atoms with Gasteiger partial charge in [0.1, 0.15) is 5.75 Å². The Morgan fingerprint density at radius 1 is 1.20 bits per heavy atom. The largest absolute Gasteiger partial charge is 0.497 e. The molecule has 1 aliphatic rings. The summed E-state index contributed by atoms with van der Waals surface area (Å²) in [6.07, 6.45) is 0. The zero-order valence-corrected chi connectivity index (χ0v) is 12.2. The van der Waals surface area contributed by atoms with E-state index in [-0.39, 0.29) is 6.03 Å². The first-order valence-corrected chi connectivity index (χ1v) is 7.05. The fourth-order valence-corrected chi connectivity index (χ4v) is 2.88. The minimum atomic E-state index is -0.196. The Hall–Kier alpha value is -1.85. The summed E-state index contributed by atoms with van der Waals surface area (Å²) in [7, 11) is 1.60. The Labute approximate surface area is 125 Å².